The molecule has 1 saturated heterocycles. The highest BCUT2D eigenvalue weighted by Crippen LogP contribution is 2.40. The van der Waals surface area contributed by atoms with Crippen molar-refractivity contribution in [2.75, 3.05) is 18.0 Å². The molecule has 132 valence electrons. The van der Waals surface area contributed by atoms with Crippen molar-refractivity contribution in [3.8, 4) is 0 Å². The Morgan fingerprint density at radius 3 is 2.75 bits per heavy atom. The molecule has 1 atom stereocenters. The molecule has 1 aliphatic heterocycles. The van der Waals surface area contributed by atoms with Crippen molar-refractivity contribution in [2.24, 2.45) is 0 Å². The predicted octanol–water partition coefficient (Wildman–Crippen LogP) is 4.14. The van der Waals surface area contributed by atoms with Crippen LogP contribution in [0.4, 0.5) is 10.6 Å². The fraction of sp³-hybridized carbons (Fsp3) is 0.684. The van der Waals surface area contributed by atoms with Crippen molar-refractivity contribution in [1.82, 2.24) is 9.88 Å². The number of pyridine rings is 1. The number of likely N-dealkylation sites (tertiary alicyclic amines) is 1. The van der Waals surface area contributed by atoms with Crippen molar-refractivity contribution in [2.45, 2.75) is 71.1 Å². The molecule has 5 nitrogen and oxygen atoms in total. The van der Waals surface area contributed by atoms with Crippen LogP contribution in [0.3, 0.4) is 0 Å². The van der Waals surface area contributed by atoms with Gasteiger partial charge in [-0.05, 0) is 65.6 Å². The Hall–Kier alpha value is -1.62. The van der Waals surface area contributed by atoms with E-state index in [0.29, 0.717) is 6.04 Å². The van der Waals surface area contributed by atoms with Crippen LogP contribution >= 0.6 is 0 Å². The van der Waals surface area contributed by atoms with Crippen molar-refractivity contribution < 1.29 is 9.53 Å². The lowest BCUT2D eigenvalue weighted by atomic mass is 10.0. The van der Waals surface area contributed by atoms with E-state index in [1.165, 1.54) is 6.42 Å². The molecule has 5 heteroatoms. The summed E-state index contributed by atoms with van der Waals surface area (Å²) in [4.78, 5) is 21.7. The standard InChI is InChI=1S/C19H29N3O2/c1-5-21-13-7-9-16(21)15-8-6-12-20-17(15)22(14-10-11-14)18(23)24-19(2,3)4/h6,8,12,14,16H,5,7,9-11,13H2,1-4H3. The lowest BCUT2D eigenvalue weighted by Gasteiger charge is -2.31. The average molecular weight is 331 g/mol. The van der Waals surface area contributed by atoms with Crippen molar-refractivity contribution in [3.05, 3.63) is 23.9 Å². The molecule has 0 bridgehead atoms. The zero-order valence-electron chi connectivity index (χ0n) is 15.3. The van der Waals surface area contributed by atoms with Gasteiger partial charge in [-0.1, -0.05) is 13.0 Å². The topological polar surface area (TPSA) is 45.7 Å². The van der Waals surface area contributed by atoms with E-state index < -0.39 is 5.60 Å². The first-order valence-electron chi connectivity index (χ1n) is 9.12. The van der Waals surface area contributed by atoms with Crippen LogP contribution in [0.25, 0.3) is 0 Å². The van der Waals surface area contributed by atoms with Crippen LogP contribution in [0.1, 0.15) is 65.0 Å². The lowest BCUT2D eigenvalue weighted by Crippen LogP contribution is -2.40. The molecule has 1 unspecified atom stereocenters. The zero-order chi connectivity index (χ0) is 17.3. The van der Waals surface area contributed by atoms with Crippen LogP contribution < -0.4 is 4.90 Å². The molecule has 2 aliphatic rings. The fourth-order valence-corrected chi connectivity index (χ4v) is 3.48. The molecular weight excluding hydrogens is 302 g/mol. The first-order valence-corrected chi connectivity index (χ1v) is 9.12. The molecule has 0 N–H and O–H groups in total. The van der Waals surface area contributed by atoms with E-state index in [1.54, 1.807) is 11.1 Å². The normalized spacial score (nSPS) is 21.8. The number of hydrogen-bond acceptors (Lipinski definition) is 4. The van der Waals surface area contributed by atoms with Gasteiger partial charge in [0.1, 0.15) is 11.4 Å². The summed E-state index contributed by atoms with van der Waals surface area (Å²) in [5.41, 5.74) is 0.664. The van der Waals surface area contributed by atoms with Gasteiger partial charge in [0.2, 0.25) is 0 Å². The summed E-state index contributed by atoms with van der Waals surface area (Å²) in [6.07, 6.45) is 5.88. The number of rotatable bonds is 4. The van der Waals surface area contributed by atoms with Crippen LogP contribution in [0, 0.1) is 0 Å². The minimum Gasteiger partial charge on any atom is -0.443 e. The van der Waals surface area contributed by atoms with Gasteiger partial charge < -0.3 is 4.74 Å². The number of ether oxygens (including phenoxy) is 1. The van der Waals surface area contributed by atoms with E-state index in [4.69, 9.17) is 4.74 Å². The van der Waals surface area contributed by atoms with Crippen molar-refractivity contribution in [1.29, 1.82) is 0 Å². The van der Waals surface area contributed by atoms with Gasteiger partial charge >= 0.3 is 6.09 Å². The smallest absolute Gasteiger partial charge is 0.416 e. The van der Waals surface area contributed by atoms with Crippen LogP contribution in [0.2, 0.25) is 0 Å². The summed E-state index contributed by atoms with van der Waals surface area (Å²) in [5.74, 6) is 0.791. The Morgan fingerprint density at radius 1 is 1.38 bits per heavy atom. The van der Waals surface area contributed by atoms with Gasteiger partial charge in [-0.2, -0.15) is 0 Å². The second-order valence-electron chi connectivity index (χ2n) is 7.78. The summed E-state index contributed by atoms with van der Waals surface area (Å²) < 4.78 is 5.66. The highest BCUT2D eigenvalue weighted by atomic mass is 16.6. The van der Waals surface area contributed by atoms with E-state index in [0.717, 1.165) is 43.7 Å². The van der Waals surface area contributed by atoms with E-state index in [9.17, 15) is 4.79 Å². The molecule has 24 heavy (non-hydrogen) atoms. The number of aromatic nitrogens is 1. The summed E-state index contributed by atoms with van der Waals surface area (Å²) in [7, 11) is 0. The minimum atomic E-state index is -0.498. The average Bonchev–Trinajstić information content (AvgIpc) is 3.22. The van der Waals surface area contributed by atoms with Crippen LogP contribution in [-0.2, 0) is 4.74 Å². The van der Waals surface area contributed by atoms with Crippen molar-refractivity contribution >= 4 is 11.9 Å². The monoisotopic (exact) mass is 331 g/mol. The maximum atomic E-state index is 12.8. The first kappa shape index (κ1) is 17.2. The second-order valence-corrected chi connectivity index (χ2v) is 7.78. The van der Waals surface area contributed by atoms with Gasteiger partial charge in [0, 0.05) is 23.8 Å². The summed E-state index contributed by atoms with van der Waals surface area (Å²) in [5, 5.41) is 0. The Morgan fingerprint density at radius 2 is 2.12 bits per heavy atom. The highest BCUT2D eigenvalue weighted by molar-refractivity contribution is 5.89. The number of amides is 1. The van der Waals surface area contributed by atoms with E-state index >= 15 is 0 Å². The van der Waals surface area contributed by atoms with Gasteiger partial charge in [-0.3, -0.25) is 9.80 Å². The predicted molar refractivity (Wildman–Crippen MR) is 95.2 cm³/mol. The molecule has 0 aromatic carbocycles. The Balaban J connectivity index is 1.93. The molecule has 1 aliphatic carbocycles. The van der Waals surface area contributed by atoms with E-state index in [1.807, 2.05) is 26.8 Å². The molecule has 1 saturated carbocycles. The van der Waals surface area contributed by atoms with Gasteiger partial charge in [0.05, 0.1) is 0 Å². The lowest BCUT2D eigenvalue weighted by molar-refractivity contribution is 0.0576. The summed E-state index contributed by atoms with van der Waals surface area (Å²) >= 11 is 0. The van der Waals surface area contributed by atoms with Gasteiger partial charge in [0.15, 0.2) is 0 Å². The van der Waals surface area contributed by atoms with E-state index in [2.05, 4.69) is 22.9 Å². The number of hydrogen-bond donors (Lipinski definition) is 0. The summed E-state index contributed by atoms with van der Waals surface area (Å²) in [6, 6.07) is 4.68. The SMILES string of the molecule is CCN1CCCC1c1cccnc1N(C(=O)OC(C)(C)C)C1CC1. The van der Waals surface area contributed by atoms with Crippen LogP contribution in [0.15, 0.2) is 18.3 Å². The molecule has 1 aromatic rings. The maximum absolute atomic E-state index is 12.8. The molecule has 1 aromatic heterocycles. The van der Waals surface area contributed by atoms with Gasteiger partial charge in [0.25, 0.3) is 0 Å². The highest BCUT2D eigenvalue weighted by Gasteiger charge is 2.40. The maximum Gasteiger partial charge on any atom is 0.416 e. The molecule has 1 amide bonds. The molecule has 2 heterocycles. The number of carbonyl (C=O) groups excluding carboxylic acids is 1. The first-order chi connectivity index (χ1) is 11.4. The third kappa shape index (κ3) is 3.72. The Kier molecular flexibility index (Phi) is 4.81. The van der Waals surface area contributed by atoms with Crippen LogP contribution in [0.5, 0.6) is 0 Å². The number of carbonyl (C=O) groups is 1. The third-order valence-corrected chi connectivity index (χ3v) is 4.68. The van der Waals surface area contributed by atoms with Gasteiger partial charge in [-0.15, -0.1) is 0 Å². The van der Waals surface area contributed by atoms with Gasteiger partial charge in [-0.25, -0.2) is 9.78 Å². The number of anilines is 1. The van der Waals surface area contributed by atoms with E-state index in [-0.39, 0.29) is 12.1 Å². The van der Waals surface area contributed by atoms with Crippen molar-refractivity contribution in [3.63, 3.8) is 0 Å². The molecule has 3 rings (SSSR count). The second kappa shape index (κ2) is 6.71. The van der Waals surface area contributed by atoms with Crippen LogP contribution in [-0.4, -0.2) is 40.7 Å². The summed E-state index contributed by atoms with van der Waals surface area (Å²) in [6.45, 7) is 10.1. The Labute approximate surface area is 145 Å². The molecular formula is C19H29N3O2. The Bertz CT molecular complexity index is 593. The third-order valence-electron chi connectivity index (χ3n) is 4.68. The molecule has 0 radical (unpaired) electrons. The minimum absolute atomic E-state index is 0.227. The fourth-order valence-electron chi connectivity index (χ4n) is 3.48. The number of nitrogens with zero attached hydrogens (tertiary/aromatic N) is 3. The zero-order valence-corrected chi connectivity index (χ0v) is 15.3. The quantitative estimate of drug-likeness (QED) is 0.832. The molecule has 2 fully saturated rings. The molecule has 0 spiro atoms. The largest absolute Gasteiger partial charge is 0.443 e.